The lowest BCUT2D eigenvalue weighted by atomic mass is 9.96. The smallest absolute Gasteiger partial charge is 0.174 e. The quantitative estimate of drug-likeness (QED) is 0.418. The highest BCUT2D eigenvalue weighted by molar-refractivity contribution is 7.80. The molecule has 2 aromatic carbocycles. The van der Waals surface area contributed by atoms with E-state index in [0.29, 0.717) is 5.11 Å². The minimum atomic E-state index is -0.0855. The Balaban J connectivity index is 1.67. The number of nitrogens with zero attached hydrogens (tertiary/aromatic N) is 3. The van der Waals surface area contributed by atoms with Gasteiger partial charge in [-0.15, -0.1) is 0 Å². The third kappa shape index (κ3) is 3.42. The van der Waals surface area contributed by atoms with Crippen LogP contribution in [0.1, 0.15) is 34.7 Å². The zero-order valence-corrected chi connectivity index (χ0v) is 18.8. The molecule has 1 aliphatic rings. The van der Waals surface area contributed by atoms with E-state index in [-0.39, 0.29) is 17.8 Å². The molecule has 3 heterocycles. The second kappa shape index (κ2) is 8.13. The van der Waals surface area contributed by atoms with Crippen LogP contribution in [0.4, 0.5) is 5.69 Å². The number of phenolic OH excluding ortho intramolecular Hbond substituents is 1. The van der Waals surface area contributed by atoms with Gasteiger partial charge in [-0.3, -0.25) is 4.98 Å². The standard InChI is InChI=1S/C26H24N4OS/c1-17-16-22(18(2)29(17)20-11-13-21(31)14-12-20)25-24(23-10-6-7-15-27-23)28-26(32)30(25)19-8-4-3-5-9-19/h3-16,24-25,31H,1-2H3,(H,28,32). The van der Waals surface area contributed by atoms with Crippen molar-refractivity contribution in [2.45, 2.75) is 25.9 Å². The van der Waals surface area contributed by atoms with Crippen molar-refractivity contribution in [3.63, 3.8) is 0 Å². The average Bonchev–Trinajstić information content (AvgIpc) is 3.31. The molecule has 160 valence electrons. The number of hydrogen-bond donors (Lipinski definition) is 2. The molecule has 2 N–H and O–H groups in total. The SMILES string of the molecule is Cc1cc(C2C(c3ccccn3)NC(=S)N2c2ccccc2)c(C)n1-c1ccc(O)cc1. The molecule has 32 heavy (non-hydrogen) atoms. The van der Waals surface area contributed by atoms with Gasteiger partial charge >= 0.3 is 0 Å². The van der Waals surface area contributed by atoms with Crippen LogP contribution in [0.5, 0.6) is 5.75 Å². The van der Waals surface area contributed by atoms with Crippen molar-refractivity contribution in [2.24, 2.45) is 0 Å². The summed E-state index contributed by atoms with van der Waals surface area (Å²) in [7, 11) is 0. The first kappa shape index (κ1) is 20.3. The highest BCUT2D eigenvalue weighted by Crippen LogP contribution is 2.43. The summed E-state index contributed by atoms with van der Waals surface area (Å²) in [6.07, 6.45) is 1.82. The number of hydrogen-bond acceptors (Lipinski definition) is 3. The number of rotatable bonds is 4. The number of anilines is 1. The van der Waals surface area contributed by atoms with Crippen molar-refractivity contribution < 1.29 is 5.11 Å². The minimum Gasteiger partial charge on any atom is -0.508 e. The summed E-state index contributed by atoms with van der Waals surface area (Å²) in [4.78, 5) is 6.83. The van der Waals surface area contributed by atoms with Gasteiger partial charge in [0.05, 0.1) is 17.8 Å². The van der Waals surface area contributed by atoms with E-state index in [9.17, 15) is 5.11 Å². The summed E-state index contributed by atoms with van der Waals surface area (Å²) in [5, 5.41) is 13.9. The number of pyridine rings is 1. The molecule has 2 unspecified atom stereocenters. The number of benzene rings is 2. The highest BCUT2D eigenvalue weighted by atomic mass is 32.1. The molecule has 2 aromatic heterocycles. The summed E-state index contributed by atoms with van der Waals surface area (Å²) in [5.74, 6) is 0.257. The molecule has 1 aliphatic heterocycles. The maximum atomic E-state index is 9.73. The first-order chi connectivity index (χ1) is 15.5. The number of nitrogens with one attached hydrogen (secondary N) is 1. The molecule has 1 fully saturated rings. The van der Waals surface area contributed by atoms with Gasteiger partial charge in [-0.25, -0.2) is 0 Å². The lowest BCUT2D eigenvalue weighted by Gasteiger charge is -2.28. The van der Waals surface area contributed by atoms with Gasteiger partial charge in [-0.1, -0.05) is 24.3 Å². The van der Waals surface area contributed by atoms with Crippen LogP contribution in [0.25, 0.3) is 5.69 Å². The molecule has 0 spiro atoms. The fourth-order valence-electron chi connectivity index (χ4n) is 4.62. The first-order valence-electron chi connectivity index (χ1n) is 10.6. The van der Waals surface area contributed by atoms with E-state index < -0.39 is 0 Å². The maximum Gasteiger partial charge on any atom is 0.174 e. The van der Waals surface area contributed by atoms with Gasteiger partial charge in [0.1, 0.15) is 5.75 Å². The van der Waals surface area contributed by atoms with E-state index in [2.05, 4.69) is 51.8 Å². The van der Waals surface area contributed by atoms with Crippen LogP contribution in [0.2, 0.25) is 0 Å². The van der Waals surface area contributed by atoms with Crippen LogP contribution in [-0.4, -0.2) is 19.8 Å². The van der Waals surface area contributed by atoms with Crippen molar-refractivity contribution in [3.05, 3.63) is 108 Å². The van der Waals surface area contributed by atoms with Crippen LogP contribution >= 0.6 is 12.2 Å². The number of para-hydroxylation sites is 1. The topological polar surface area (TPSA) is 53.3 Å². The van der Waals surface area contributed by atoms with Crippen molar-refractivity contribution in [1.82, 2.24) is 14.9 Å². The van der Waals surface area contributed by atoms with Gasteiger partial charge in [0.15, 0.2) is 5.11 Å². The monoisotopic (exact) mass is 440 g/mol. The van der Waals surface area contributed by atoms with Crippen molar-refractivity contribution >= 4 is 23.0 Å². The molecule has 0 radical (unpaired) electrons. The van der Waals surface area contributed by atoms with Gasteiger partial charge in [0.25, 0.3) is 0 Å². The Hall–Kier alpha value is -3.64. The van der Waals surface area contributed by atoms with E-state index in [1.54, 1.807) is 12.1 Å². The Bertz CT molecular complexity index is 1250. The van der Waals surface area contributed by atoms with Gasteiger partial charge in [0.2, 0.25) is 0 Å². The molecule has 0 saturated carbocycles. The van der Waals surface area contributed by atoms with Gasteiger partial charge in [-0.05, 0) is 86.2 Å². The molecular weight excluding hydrogens is 416 g/mol. The third-order valence-electron chi connectivity index (χ3n) is 6.03. The van der Waals surface area contributed by atoms with Crippen LogP contribution in [0, 0.1) is 13.8 Å². The van der Waals surface area contributed by atoms with Crippen molar-refractivity contribution in [2.75, 3.05) is 4.90 Å². The number of aryl methyl sites for hydroxylation is 1. The van der Waals surface area contributed by atoms with Gasteiger partial charge in [-0.2, -0.15) is 0 Å². The van der Waals surface area contributed by atoms with Crippen molar-refractivity contribution in [3.8, 4) is 11.4 Å². The molecule has 0 amide bonds. The summed E-state index contributed by atoms with van der Waals surface area (Å²) < 4.78 is 2.22. The number of thiocarbonyl (C=S) groups is 1. The van der Waals surface area contributed by atoms with E-state index in [0.717, 1.165) is 28.5 Å². The van der Waals surface area contributed by atoms with Crippen LogP contribution < -0.4 is 10.2 Å². The van der Waals surface area contributed by atoms with E-state index in [1.807, 2.05) is 54.7 Å². The Morgan fingerprint density at radius 3 is 2.31 bits per heavy atom. The Kier molecular flexibility index (Phi) is 5.15. The predicted molar refractivity (Wildman–Crippen MR) is 131 cm³/mol. The lowest BCUT2D eigenvalue weighted by molar-refractivity contribution is 0.475. The third-order valence-corrected chi connectivity index (χ3v) is 6.34. The highest BCUT2D eigenvalue weighted by Gasteiger charge is 2.42. The van der Waals surface area contributed by atoms with E-state index >= 15 is 0 Å². The molecule has 0 aliphatic carbocycles. The second-order valence-electron chi connectivity index (χ2n) is 8.01. The largest absolute Gasteiger partial charge is 0.508 e. The molecule has 2 atom stereocenters. The summed E-state index contributed by atoms with van der Waals surface area (Å²) in [5.41, 5.74) is 6.44. The van der Waals surface area contributed by atoms with Gasteiger partial charge < -0.3 is 19.9 Å². The molecule has 5 rings (SSSR count). The molecule has 4 aromatic rings. The Morgan fingerprint density at radius 2 is 1.62 bits per heavy atom. The lowest BCUT2D eigenvalue weighted by Crippen LogP contribution is -2.29. The number of aromatic nitrogens is 2. The molecule has 6 heteroatoms. The van der Waals surface area contributed by atoms with Crippen LogP contribution in [-0.2, 0) is 0 Å². The number of aromatic hydroxyl groups is 1. The van der Waals surface area contributed by atoms with Gasteiger partial charge in [0, 0.05) is 29.0 Å². The average molecular weight is 441 g/mol. The summed E-state index contributed by atoms with van der Waals surface area (Å²) in [6.45, 7) is 4.24. The normalized spacial score (nSPS) is 18.1. The van der Waals surface area contributed by atoms with Crippen molar-refractivity contribution in [1.29, 1.82) is 0 Å². The first-order valence-corrected chi connectivity index (χ1v) is 11.0. The zero-order chi connectivity index (χ0) is 22.2. The zero-order valence-electron chi connectivity index (χ0n) is 17.9. The summed E-state index contributed by atoms with van der Waals surface area (Å²) >= 11 is 5.82. The Morgan fingerprint density at radius 1 is 0.906 bits per heavy atom. The van der Waals surface area contributed by atoms with E-state index in [1.165, 1.54) is 5.56 Å². The Labute approximate surface area is 193 Å². The molecule has 0 bridgehead atoms. The van der Waals surface area contributed by atoms with Crippen LogP contribution in [0.15, 0.2) is 85.1 Å². The van der Waals surface area contributed by atoms with E-state index in [4.69, 9.17) is 12.2 Å². The van der Waals surface area contributed by atoms with Crippen LogP contribution in [0.3, 0.4) is 0 Å². The molecular formula is C26H24N4OS. The fourth-order valence-corrected chi connectivity index (χ4v) is 4.97. The summed E-state index contributed by atoms with van der Waals surface area (Å²) in [6, 6.07) is 25.6. The predicted octanol–water partition coefficient (Wildman–Crippen LogP) is 5.37. The number of phenols is 1. The fraction of sp³-hybridized carbons (Fsp3) is 0.154. The second-order valence-corrected chi connectivity index (χ2v) is 8.40. The molecule has 1 saturated heterocycles. The maximum absolute atomic E-state index is 9.73. The molecule has 5 nitrogen and oxygen atoms in total. The minimum absolute atomic E-state index is 0.0585.